The summed E-state index contributed by atoms with van der Waals surface area (Å²) in [7, 11) is 0. The SMILES string of the molecule is Cc1cc(-c2ccncc2Br)ccc1C#N. The highest BCUT2D eigenvalue weighted by atomic mass is 79.9. The third-order valence-corrected chi connectivity index (χ3v) is 3.06. The van der Waals surface area contributed by atoms with Crippen LogP contribution in [-0.2, 0) is 0 Å². The molecule has 3 heteroatoms. The number of nitrogens with zero attached hydrogens (tertiary/aromatic N) is 2. The minimum Gasteiger partial charge on any atom is -0.264 e. The van der Waals surface area contributed by atoms with E-state index in [2.05, 4.69) is 27.0 Å². The molecule has 2 rings (SSSR count). The number of nitriles is 1. The Morgan fingerprint density at radius 1 is 1.31 bits per heavy atom. The van der Waals surface area contributed by atoms with Gasteiger partial charge in [-0.25, -0.2) is 0 Å². The molecular weight excluding hydrogens is 264 g/mol. The maximum Gasteiger partial charge on any atom is 0.0994 e. The maximum atomic E-state index is 8.87. The molecule has 0 radical (unpaired) electrons. The number of benzene rings is 1. The second-order valence-electron chi connectivity index (χ2n) is 3.50. The largest absolute Gasteiger partial charge is 0.264 e. The third kappa shape index (κ3) is 1.98. The highest BCUT2D eigenvalue weighted by Gasteiger charge is 2.04. The number of aryl methyl sites for hydroxylation is 1. The number of hydrogen-bond acceptors (Lipinski definition) is 2. The van der Waals surface area contributed by atoms with E-state index < -0.39 is 0 Å². The van der Waals surface area contributed by atoms with Crippen molar-refractivity contribution in [3.63, 3.8) is 0 Å². The minimum absolute atomic E-state index is 0.717. The van der Waals surface area contributed by atoms with E-state index in [1.807, 2.05) is 31.2 Å². The summed E-state index contributed by atoms with van der Waals surface area (Å²) in [6, 6.07) is 9.92. The third-order valence-electron chi connectivity index (χ3n) is 2.43. The van der Waals surface area contributed by atoms with Crippen LogP contribution in [0.1, 0.15) is 11.1 Å². The minimum atomic E-state index is 0.717. The number of rotatable bonds is 1. The normalized spacial score (nSPS) is 9.81. The Morgan fingerprint density at radius 3 is 2.75 bits per heavy atom. The van der Waals surface area contributed by atoms with Crippen molar-refractivity contribution in [2.24, 2.45) is 0 Å². The van der Waals surface area contributed by atoms with E-state index in [4.69, 9.17) is 5.26 Å². The molecule has 78 valence electrons. The Morgan fingerprint density at radius 2 is 2.12 bits per heavy atom. The molecule has 0 N–H and O–H groups in total. The predicted molar refractivity (Wildman–Crippen MR) is 66.8 cm³/mol. The lowest BCUT2D eigenvalue weighted by Crippen LogP contribution is -1.86. The van der Waals surface area contributed by atoms with Gasteiger partial charge in [0.1, 0.15) is 0 Å². The van der Waals surface area contributed by atoms with Crippen LogP contribution in [0.25, 0.3) is 11.1 Å². The fourth-order valence-electron chi connectivity index (χ4n) is 1.57. The first-order valence-electron chi connectivity index (χ1n) is 4.83. The van der Waals surface area contributed by atoms with E-state index in [0.29, 0.717) is 5.56 Å². The number of pyridine rings is 1. The van der Waals surface area contributed by atoms with Crippen molar-refractivity contribution >= 4 is 15.9 Å². The van der Waals surface area contributed by atoms with Gasteiger partial charge in [0, 0.05) is 16.9 Å². The van der Waals surface area contributed by atoms with Gasteiger partial charge < -0.3 is 0 Å². The Balaban J connectivity index is 2.55. The second-order valence-corrected chi connectivity index (χ2v) is 4.35. The summed E-state index contributed by atoms with van der Waals surface area (Å²) in [6.07, 6.45) is 3.52. The molecule has 0 amide bonds. The van der Waals surface area contributed by atoms with Crippen LogP contribution in [0, 0.1) is 18.3 Å². The molecule has 16 heavy (non-hydrogen) atoms. The van der Waals surface area contributed by atoms with Crippen LogP contribution >= 0.6 is 15.9 Å². The first-order chi connectivity index (χ1) is 7.72. The zero-order valence-electron chi connectivity index (χ0n) is 8.74. The summed E-state index contributed by atoms with van der Waals surface area (Å²) in [4.78, 5) is 4.03. The Hall–Kier alpha value is -1.66. The summed E-state index contributed by atoms with van der Waals surface area (Å²) >= 11 is 3.47. The van der Waals surface area contributed by atoms with Gasteiger partial charge >= 0.3 is 0 Å². The van der Waals surface area contributed by atoms with Crippen LogP contribution in [0.4, 0.5) is 0 Å². The molecule has 0 bridgehead atoms. The quantitative estimate of drug-likeness (QED) is 0.794. The highest BCUT2D eigenvalue weighted by molar-refractivity contribution is 9.10. The van der Waals surface area contributed by atoms with Crippen LogP contribution in [-0.4, -0.2) is 4.98 Å². The second kappa shape index (κ2) is 4.46. The van der Waals surface area contributed by atoms with E-state index in [9.17, 15) is 0 Å². The predicted octanol–water partition coefficient (Wildman–Crippen LogP) is 3.69. The van der Waals surface area contributed by atoms with E-state index in [1.54, 1.807) is 12.4 Å². The molecular formula is C13H9BrN2. The van der Waals surface area contributed by atoms with Crippen molar-refractivity contribution in [2.75, 3.05) is 0 Å². The summed E-state index contributed by atoms with van der Waals surface area (Å²) in [5.74, 6) is 0. The van der Waals surface area contributed by atoms with Crippen molar-refractivity contribution in [2.45, 2.75) is 6.92 Å². The first-order valence-corrected chi connectivity index (χ1v) is 5.62. The van der Waals surface area contributed by atoms with Gasteiger partial charge in [0.05, 0.1) is 11.6 Å². The lowest BCUT2D eigenvalue weighted by molar-refractivity contribution is 1.31. The average Bonchev–Trinajstić information content (AvgIpc) is 2.29. The van der Waals surface area contributed by atoms with Gasteiger partial charge in [-0.3, -0.25) is 4.98 Å². The molecule has 1 aromatic carbocycles. The van der Waals surface area contributed by atoms with Gasteiger partial charge in [-0.15, -0.1) is 0 Å². The van der Waals surface area contributed by atoms with Crippen molar-refractivity contribution in [1.29, 1.82) is 5.26 Å². The molecule has 0 saturated carbocycles. The van der Waals surface area contributed by atoms with Gasteiger partial charge in [-0.05, 0) is 51.7 Å². The number of halogens is 1. The molecule has 1 aromatic heterocycles. The zero-order chi connectivity index (χ0) is 11.5. The molecule has 2 aromatic rings. The van der Waals surface area contributed by atoms with Crippen LogP contribution in [0.15, 0.2) is 41.1 Å². The maximum absolute atomic E-state index is 8.87. The number of hydrogen-bond donors (Lipinski definition) is 0. The molecule has 1 heterocycles. The van der Waals surface area contributed by atoms with Crippen molar-refractivity contribution < 1.29 is 0 Å². The van der Waals surface area contributed by atoms with E-state index in [-0.39, 0.29) is 0 Å². The Bertz CT molecular complexity index is 570. The van der Waals surface area contributed by atoms with Crippen LogP contribution in [0.5, 0.6) is 0 Å². The van der Waals surface area contributed by atoms with Gasteiger partial charge in [0.25, 0.3) is 0 Å². The summed E-state index contributed by atoms with van der Waals surface area (Å²) in [6.45, 7) is 1.94. The van der Waals surface area contributed by atoms with Gasteiger partial charge in [-0.1, -0.05) is 12.1 Å². The van der Waals surface area contributed by atoms with Crippen molar-refractivity contribution in [3.05, 3.63) is 52.3 Å². The van der Waals surface area contributed by atoms with Crippen molar-refractivity contribution in [1.82, 2.24) is 4.98 Å². The molecule has 0 aliphatic carbocycles. The van der Waals surface area contributed by atoms with E-state index >= 15 is 0 Å². The van der Waals surface area contributed by atoms with Crippen molar-refractivity contribution in [3.8, 4) is 17.2 Å². The monoisotopic (exact) mass is 272 g/mol. The fraction of sp³-hybridized carbons (Fsp3) is 0.0769. The highest BCUT2D eigenvalue weighted by Crippen LogP contribution is 2.28. The Labute approximate surface area is 103 Å². The van der Waals surface area contributed by atoms with E-state index in [0.717, 1.165) is 21.2 Å². The summed E-state index contributed by atoms with van der Waals surface area (Å²) in [5.41, 5.74) is 3.88. The molecule has 0 aliphatic rings. The molecule has 0 saturated heterocycles. The lowest BCUT2D eigenvalue weighted by Gasteiger charge is -2.05. The van der Waals surface area contributed by atoms with Gasteiger partial charge in [0.15, 0.2) is 0 Å². The molecule has 0 atom stereocenters. The molecule has 0 spiro atoms. The molecule has 0 unspecified atom stereocenters. The standard InChI is InChI=1S/C13H9BrN2/c1-9-6-10(2-3-11(9)7-15)12-4-5-16-8-13(12)14/h2-6,8H,1H3. The van der Waals surface area contributed by atoms with Crippen LogP contribution < -0.4 is 0 Å². The fourth-order valence-corrected chi connectivity index (χ4v) is 2.05. The number of aromatic nitrogens is 1. The average molecular weight is 273 g/mol. The summed E-state index contributed by atoms with van der Waals surface area (Å²) < 4.78 is 0.958. The molecule has 2 nitrogen and oxygen atoms in total. The molecule has 0 aliphatic heterocycles. The van der Waals surface area contributed by atoms with E-state index in [1.165, 1.54) is 0 Å². The zero-order valence-corrected chi connectivity index (χ0v) is 10.3. The van der Waals surface area contributed by atoms with Gasteiger partial charge in [0.2, 0.25) is 0 Å². The van der Waals surface area contributed by atoms with Gasteiger partial charge in [-0.2, -0.15) is 5.26 Å². The first kappa shape index (κ1) is 10.8. The summed E-state index contributed by atoms with van der Waals surface area (Å²) in [5, 5.41) is 8.87. The smallest absolute Gasteiger partial charge is 0.0994 e. The van der Waals surface area contributed by atoms with Crippen LogP contribution in [0.3, 0.4) is 0 Å². The van der Waals surface area contributed by atoms with Crippen LogP contribution in [0.2, 0.25) is 0 Å². The lowest BCUT2D eigenvalue weighted by atomic mass is 10.0. The topological polar surface area (TPSA) is 36.7 Å². The molecule has 0 fully saturated rings. The Kier molecular flexibility index (Phi) is 3.02.